The van der Waals surface area contributed by atoms with Crippen LogP contribution in [0.15, 0.2) is 74.5 Å². The van der Waals surface area contributed by atoms with Crippen molar-refractivity contribution in [3.8, 4) is 0 Å². The van der Waals surface area contributed by atoms with E-state index in [0.717, 1.165) is 0 Å². The third kappa shape index (κ3) is 3.36. The van der Waals surface area contributed by atoms with Gasteiger partial charge in [0.2, 0.25) is 0 Å². The fourth-order valence-electron chi connectivity index (χ4n) is 2.57. The average Bonchev–Trinajstić information content (AvgIpc) is 3.35. The number of hydrogen-bond donors (Lipinski definition) is 0. The first-order valence-corrected chi connectivity index (χ1v) is 9.80. The number of aromatic nitrogens is 2. The SMILES string of the molecule is O=C(CSc1nc2ccsc2c(=O)n1Cc1ccco1)c1ccccc1. The summed E-state index contributed by atoms with van der Waals surface area (Å²) in [4.78, 5) is 29.8. The van der Waals surface area contributed by atoms with Crippen molar-refractivity contribution in [3.05, 3.63) is 81.9 Å². The second-order valence-corrected chi connectivity index (χ2v) is 7.44. The second-order valence-electron chi connectivity index (χ2n) is 5.58. The molecule has 4 rings (SSSR count). The van der Waals surface area contributed by atoms with Crippen LogP contribution in [0, 0.1) is 0 Å². The molecule has 0 saturated carbocycles. The fraction of sp³-hybridized carbons (Fsp3) is 0.105. The van der Waals surface area contributed by atoms with E-state index in [9.17, 15) is 9.59 Å². The highest BCUT2D eigenvalue weighted by Crippen LogP contribution is 2.22. The lowest BCUT2D eigenvalue weighted by Gasteiger charge is -2.10. The number of thiophene rings is 1. The molecule has 0 bridgehead atoms. The van der Waals surface area contributed by atoms with Gasteiger partial charge in [-0.1, -0.05) is 42.1 Å². The number of ketones is 1. The van der Waals surface area contributed by atoms with Crippen LogP contribution in [-0.2, 0) is 6.54 Å². The first-order valence-electron chi connectivity index (χ1n) is 7.94. The van der Waals surface area contributed by atoms with E-state index in [0.29, 0.717) is 26.7 Å². The molecule has 0 saturated heterocycles. The Morgan fingerprint density at radius 1 is 1.15 bits per heavy atom. The number of rotatable bonds is 6. The molecule has 0 radical (unpaired) electrons. The number of nitrogens with zero attached hydrogens (tertiary/aromatic N) is 2. The summed E-state index contributed by atoms with van der Waals surface area (Å²) in [5.41, 5.74) is 1.19. The lowest BCUT2D eigenvalue weighted by atomic mass is 10.2. The maximum absolute atomic E-state index is 12.8. The Kier molecular flexibility index (Phi) is 4.73. The van der Waals surface area contributed by atoms with Crippen LogP contribution >= 0.6 is 23.1 Å². The van der Waals surface area contributed by atoms with Gasteiger partial charge in [0, 0.05) is 5.56 Å². The monoisotopic (exact) mass is 382 g/mol. The first kappa shape index (κ1) is 16.8. The molecular weight excluding hydrogens is 368 g/mol. The van der Waals surface area contributed by atoms with Crippen LogP contribution in [0.2, 0.25) is 0 Å². The Labute approximate surface area is 157 Å². The van der Waals surface area contributed by atoms with E-state index in [4.69, 9.17) is 4.42 Å². The number of furan rings is 1. The summed E-state index contributed by atoms with van der Waals surface area (Å²) in [5.74, 6) is 0.880. The highest BCUT2D eigenvalue weighted by Gasteiger charge is 2.16. The molecule has 0 atom stereocenters. The number of carbonyl (C=O) groups is 1. The maximum atomic E-state index is 12.8. The zero-order valence-corrected chi connectivity index (χ0v) is 15.3. The minimum Gasteiger partial charge on any atom is -0.467 e. The highest BCUT2D eigenvalue weighted by molar-refractivity contribution is 7.99. The Morgan fingerprint density at radius 2 is 2.00 bits per heavy atom. The molecule has 4 aromatic rings. The van der Waals surface area contributed by atoms with Gasteiger partial charge in [0.1, 0.15) is 10.5 Å². The topological polar surface area (TPSA) is 65.1 Å². The van der Waals surface area contributed by atoms with Gasteiger partial charge in [-0.3, -0.25) is 14.2 Å². The van der Waals surface area contributed by atoms with Gasteiger partial charge in [0.25, 0.3) is 5.56 Å². The van der Waals surface area contributed by atoms with E-state index in [1.54, 1.807) is 29.0 Å². The first-order chi connectivity index (χ1) is 12.7. The van der Waals surface area contributed by atoms with Crippen LogP contribution in [0.25, 0.3) is 10.2 Å². The number of carbonyl (C=O) groups excluding carboxylic acids is 1. The van der Waals surface area contributed by atoms with Gasteiger partial charge in [-0.2, -0.15) is 0 Å². The zero-order valence-electron chi connectivity index (χ0n) is 13.6. The second kappa shape index (κ2) is 7.31. The van der Waals surface area contributed by atoms with Crippen molar-refractivity contribution >= 4 is 39.1 Å². The average molecular weight is 382 g/mol. The van der Waals surface area contributed by atoms with Crippen molar-refractivity contribution in [2.24, 2.45) is 0 Å². The Balaban J connectivity index is 1.66. The standard InChI is InChI=1S/C19H14N2O3S2/c22-16(13-5-2-1-3-6-13)12-26-19-20-15-8-10-25-17(15)18(23)21(19)11-14-7-4-9-24-14/h1-10H,11-12H2. The van der Waals surface area contributed by atoms with Gasteiger partial charge in [0.15, 0.2) is 10.9 Å². The minimum absolute atomic E-state index is 0.000173. The smallest absolute Gasteiger partial charge is 0.272 e. The van der Waals surface area contributed by atoms with Crippen molar-refractivity contribution in [3.63, 3.8) is 0 Å². The lowest BCUT2D eigenvalue weighted by molar-refractivity contribution is 0.102. The van der Waals surface area contributed by atoms with Crippen LogP contribution < -0.4 is 5.56 Å². The van der Waals surface area contributed by atoms with Crippen molar-refractivity contribution < 1.29 is 9.21 Å². The Bertz CT molecular complexity index is 1100. The predicted molar refractivity (Wildman–Crippen MR) is 103 cm³/mol. The Morgan fingerprint density at radius 3 is 2.77 bits per heavy atom. The van der Waals surface area contributed by atoms with E-state index < -0.39 is 0 Å². The van der Waals surface area contributed by atoms with Crippen LogP contribution in [0.5, 0.6) is 0 Å². The van der Waals surface area contributed by atoms with Crippen LogP contribution in [-0.4, -0.2) is 21.1 Å². The Hall–Kier alpha value is -2.64. The third-order valence-electron chi connectivity index (χ3n) is 3.85. The summed E-state index contributed by atoms with van der Waals surface area (Å²) >= 11 is 2.64. The van der Waals surface area contributed by atoms with Crippen LogP contribution in [0.4, 0.5) is 0 Å². The number of thioether (sulfide) groups is 1. The molecule has 26 heavy (non-hydrogen) atoms. The van der Waals surface area contributed by atoms with Crippen LogP contribution in [0.1, 0.15) is 16.1 Å². The lowest BCUT2D eigenvalue weighted by Crippen LogP contribution is -2.23. The fourth-order valence-corrected chi connectivity index (χ4v) is 4.24. The van der Waals surface area contributed by atoms with Crippen molar-refractivity contribution in [1.29, 1.82) is 0 Å². The third-order valence-corrected chi connectivity index (χ3v) is 5.72. The highest BCUT2D eigenvalue weighted by atomic mass is 32.2. The van der Waals surface area contributed by atoms with E-state index in [2.05, 4.69) is 4.98 Å². The molecule has 0 amide bonds. The number of hydrogen-bond acceptors (Lipinski definition) is 6. The summed E-state index contributed by atoms with van der Waals surface area (Å²) < 4.78 is 7.55. The normalized spacial score (nSPS) is 11.1. The molecule has 7 heteroatoms. The van der Waals surface area contributed by atoms with Gasteiger partial charge in [0.05, 0.1) is 24.1 Å². The van der Waals surface area contributed by atoms with E-state index in [1.165, 1.54) is 23.1 Å². The molecule has 0 N–H and O–H groups in total. The molecule has 1 aromatic carbocycles. The maximum Gasteiger partial charge on any atom is 0.272 e. The van der Waals surface area contributed by atoms with E-state index in [-0.39, 0.29) is 23.6 Å². The number of benzene rings is 1. The number of Topliss-reactive ketones (excluding diaryl/α,β-unsaturated/α-hetero) is 1. The predicted octanol–water partition coefficient (Wildman–Crippen LogP) is 4.07. The molecule has 130 valence electrons. The summed E-state index contributed by atoms with van der Waals surface area (Å²) in [5, 5.41) is 2.36. The summed E-state index contributed by atoms with van der Waals surface area (Å²) in [7, 11) is 0. The molecule has 0 unspecified atom stereocenters. The van der Waals surface area contributed by atoms with Gasteiger partial charge in [-0.15, -0.1) is 11.3 Å². The molecule has 0 fully saturated rings. The van der Waals surface area contributed by atoms with Gasteiger partial charge >= 0.3 is 0 Å². The number of fused-ring (bicyclic) bond motifs is 1. The molecule has 3 heterocycles. The van der Waals surface area contributed by atoms with Gasteiger partial charge < -0.3 is 4.42 Å². The molecule has 3 aromatic heterocycles. The molecular formula is C19H14N2O3S2. The van der Waals surface area contributed by atoms with E-state index >= 15 is 0 Å². The van der Waals surface area contributed by atoms with E-state index in [1.807, 2.05) is 35.7 Å². The van der Waals surface area contributed by atoms with Crippen molar-refractivity contribution in [2.45, 2.75) is 11.7 Å². The largest absolute Gasteiger partial charge is 0.467 e. The molecule has 0 aliphatic heterocycles. The van der Waals surface area contributed by atoms with Crippen molar-refractivity contribution in [2.75, 3.05) is 5.75 Å². The molecule has 0 aliphatic carbocycles. The molecule has 0 aliphatic rings. The van der Waals surface area contributed by atoms with Crippen molar-refractivity contribution in [1.82, 2.24) is 9.55 Å². The zero-order chi connectivity index (χ0) is 17.9. The van der Waals surface area contributed by atoms with Gasteiger partial charge in [-0.25, -0.2) is 4.98 Å². The summed E-state index contributed by atoms with van der Waals surface area (Å²) in [6.07, 6.45) is 1.57. The van der Waals surface area contributed by atoms with Crippen LogP contribution in [0.3, 0.4) is 0 Å². The molecule has 5 nitrogen and oxygen atoms in total. The summed E-state index contributed by atoms with van der Waals surface area (Å²) in [6.45, 7) is 0.286. The summed E-state index contributed by atoms with van der Waals surface area (Å²) in [6, 6.07) is 14.5. The quantitative estimate of drug-likeness (QED) is 0.286. The molecule has 0 spiro atoms. The van der Waals surface area contributed by atoms with Gasteiger partial charge in [-0.05, 0) is 23.6 Å². The minimum atomic E-state index is -0.115.